The normalized spacial score (nSPS) is 11.3. The van der Waals surface area contributed by atoms with Gasteiger partial charge in [0.05, 0.1) is 5.69 Å². The summed E-state index contributed by atoms with van der Waals surface area (Å²) in [7, 11) is 0. The van der Waals surface area contributed by atoms with E-state index in [9.17, 15) is 4.39 Å². The molecular weight excluding hydrogens is 682 g/mol. The van der Waals surface area contributed by atoms with E-state index in [1.54, 1.807) is 0 Å². The second-order valence-electron chi connectivity index (χ2n) is 14.3. The number of hydrogen-bond acceptors (Lipinski definition) is 1. The second kappa shape index (κ2) is 14.2. The third-order valence-electron chi connectivity index (χ3n) is 10.9. The van der Waals surface area contributed by atoms with Crippen LogP contribution in [0.2, 0.25) is 0 Å². The van der Waals surface area contributed by atoms with Crippen LogP contribution < -0.4 is 4.90 Å². The minimum atomic E-state index is -0.236. The van der Waals surface area contributed by atoms with Crippen LogP contribution in [0.25, 0.3) is 76.8 Å². The standard InChI is InChI=1S/C54H36FN/c55-45-28-22-40(23-29-45)49-18-8-14-42-15-9-19-50(54(42)49)41-26-32-47(33-27-41)56(46-30-24-39(25-31-46)37-10-2-1-3-11-37)53-35-34-48(51-16-6-7-17-52(51)53)44-21-20-38-12-4-5-13-43(38)36-44/h1-36H. The highest BCUT2D eigenvalue weighted by molar-refractivity contribution is 6.08. The summed E-state index contributed by atoms with van der Waals surface area (Å²) in [4.78, 5) is 2.37. The molecule has 0 N–H and O–H groups in total. The molecule has 10 aromatic rings. The second-order valence-corrected chi connectivity index (χ2v) is 14.3. The molecule has 10 rings (SSSR count). The van der Waals surface area contributed by atoms with Gasteiger partial charge in [0.15, 0.2) is 0 Å². The summed E-state index contributed by atoms with van der Waals surface area (Å²) < 4.78 is 13.9. The maximum atomic E-state index is 13.9. The minimum Gasteiger partial charge on any atom is -0.310 e. The van der Waals surface area contributed by atoms with E-state index in [1.807, 2.05) is 12.1 Å². The van der Waals surface area contributed by atoms with E-state index in [0.29, 0.717) is 0 Å². The van der Waals surface area contributed by atoms with Crippen molar-refractivity contribution in [2.45, 2.75) is 0 Å². The van der Waals surface area contributed by atoms with E-state index >= 15 is 0 Å². The molecule has 0 fully saturated rings. The Balaban J connectivity index is 1.12. The molecule has 264 valence electrons. The van der Waals surface area contributed by atoms with Crippen LogP contribution in [0.1, 0.15) is 0 Å². The molecule has 0 aliphatic carbocycles. The van der Waals surface area contributed by atoms with E-state index in [1.165, 1.54) is 55.9 Å². The lowest BCUT2D eigenvalue weighted by atomic mass is 9.91. The van der Waals surface area contributed by atoms with Gasteiger partial charge in [-0.05, 0) is 120 Å². The average molecular weight is 718 g/mol. The first-order valence-corrected chi connectivity index (χ1v) is 19.0. The van der Waals surface area contributed by atoms with Gasteiger partial charge in [0, 0.05) is 16.8 Å². The first-order valence-electron chi connectivity index (χ1n) is 19.0. The number of benzene rings is 10. The van der Waals surface area contributed by atoms with Gasteiger partial charge in [-0.3, -0.25) is 0 Å². The zero-order valence-electron chi connectivity index (χ0n) is 30.6. The van der Waals surface area contributed by atoms with E-state index in [2.05, 4.69) is 199 Å². The highest BCUT2D eigenvalue weighted by atomic mass is 19.1. The summed E-state index contributed by atoms with van der Waals surface area (Å²) in [5.74, 6) is -0.236. The van der Waals surface area contributed by atoms with E-state index in [-0.39, 0.29) is 5.82 Å². The zero-order valence-corrected chi connectivity index (χ0v) is 30.6. The number of hydrogen-bond donors (Lipinski definition) is 0. The molecule has 0 radical (unpaired) electrons. The quantitative estimate of drug-likeness (QED) is 0.159. The number of rotatable bonds is 7. The van der Waals surface area contributed by atoms with Crippen LogP contribution in [0.3, 0.4) is 0 Å². The average Bonchev–Trinajstić information content (AvgIpc) is 3.27. The Morgan fingerprint density at radius 2 is 0.821 bits per heavy atom. The fraction of sp³-hybridized carbons (Fsp3) is 0. The van der Waals surface area contributed by atoms with Crippen LogP contribution in [0.4, 0.5) is 21.5 Å². The van der Waals surface area contributed by atoms with Gasteiger partial charge in [0.25, 0.3) is 0 Å². The van der Waals surface area contributed by atoms with E-state index in [4.69, 9.17) is 0 Å². The van der Waals surface area contributed by atoms with Gasteiger partial charge in [0.1, 0.15) is 5.82 Å². The molecule has 0 amide bonds. The molecule has 0 atom stereocenters. The summed E-state index contributed by atoms with van der Waals surface area (Å²) in [6, 6.07) is 76.5. The maximum absolute atomic E-state index is 13.9. The molecule has 0 bridgehead atoms. The number of nitrogens with zero attached hydrogens (tertiary/aromatic N) is 1. The van der Waals surface area contributed by atoms with Crippen molar-refractivity contribution in [2.24, 2.45) is 0 Å². The first-order chi connectivity index (χ1) is 27.7. The summed E-state index contributed by atoms with van der Waals surface area (Å²) in [6.07, 6.45) is 0. The monoisotopic (exact) mass is 717 g/mol. The van der Waals surface area contributed by atoms with Crippen molar-refractivity contribution in [3.8, 4) is 44.5 Å². The number of fused-ring (bicyclic) bond motifs is 3. The molecule has 1 nitrogen and oxygen atoms in total. The fourth-order valence-corrected chi connectivity index (χ4v) is 8.19. The van der Waals surface area contributed by atoms with Gasteiger partial charge in [-0.25, -0.2) is 4.39 Å². The van der Waals surface area contributed by atoms with Crippen molar-refractivity contribution in [3.63, 3.8) is 0 Å². The Morgan fingerprint density at radius 3 is 1.50 bits per heavy atom. The molecule has 0 aliphatic rings. The number of anilines is 3. The molecule has 56 heavy (non-hydrogen) atoms. The van der Waals surface area contributed by atoms with Crippen LogP contribution in [0, 0.1) is 5.82 Å². The van der Waals surface area contributed by atoms with Gasteiger partial charge in [-0.1, -0.05) is 170 Å². The van der Waals surface area contributed by atoms with Crippen LogP contribution in [0.5, 0.6) is 0 Å². The predicted molar refractivity (Wildman–Crippen MR) is 235 cm³/mol. The molecule has 10 aromatic carbocycles. The molecule has 0 aliphatic heterocycles. The van der Waals surface area contributed by atoms with E-state index in [0.717, 1.165) is 50.1 Å². The largest absolute Gasteiger partial charge is 0.310 e. The molecule has 0 saturated heterocycles. The van der Waals surface area contributed by atoms with Crippen molar-refractivity contribution < 1.29 is 4.39 Å². The predicted octanol–water partition coefficient (Wildman–Crippen LogP) is 15.4. The van der Waals surface area contributed by atoms with Crippen molar-refractivity contribution in [3.05, 3.63) is 224 Å². The topological polar surface area (TPSA) is 3.24 Å². The summed E-state index contributed by atoms with van der Waals surface area (Å²) in [6.45, 7) is 0. The summed E-state index contributed by atoms with van der Waals surface area (Å²) >= 11 is 0. The summed E-state index contributed by atoms with van der Waals surface area (Å²) in [5, 5.41) is 7.14. The highest BCUT2D eigenvalue weighted by Crippen LogP contribution is 2.44. The van der Waals surface area contributed by atoms with Gasteiger partial charge in [0.2, 0.25) is 0 Å². The van der Waals surface area contributed by atoms with E-state index < -0.39 is 0 Å². The smallest absolute Gasteiger partial charge is 0.123 e. The Bertz CT molecular complexity index is 3000. The Hall–Kier alpha value is -7.29. The van der Waals surface area contributed by atoms with Gasteiger partial charge < -0.3 is 4.90 Å². The minimum absolute atomic E-state index is 0.236. The zero-order chi connectivity index (χ0) is 37.4. The SMILES string of the molecule is Fc1ccc(-c2cccc3cccc(-c4ccc(N(c5ccc(-c6ccccc6)cc5)c5ccc(-c6ccc7ccccc7c6)c6ccccc56)cc4)c23)cc1. The molecular formula is C54H36FN. The van der Waals surface area contributed by atoms with Crippen LogP contribution >= 0.6 is 0 Å². The Labute approximate surface area is 326 Å². The molecule has 0 spiro atoms. The van der Waals surface area contributed by atoms with Crippen molar-refractivity contribution >= 4 is 49.4 Å². The molecule has 0 aromatic heterocycles. The van der Waals surface area contributed by atoms with Gasteiger partial charge in [-0.15, -0.1) is 0 Å². The number of halogens is 1. The van der Waals surface area contributed by atoms with Crippen molar-refractivity contribution in [1.29, 1.82) is 0 Å². The first kappa shape index (κ1) is 33.3. The van der Waals surface area contributed by atoms with Crippen LogP contribution in [-0.4, -0.2) is 0 Å². The Morgan fingerprint density at radius 1 is 0.304 bits per heavy atom. The maximum Gasteiger partial charge on any atom is 0.123 e. The Kier molecular flexibility index (Phi) is 8.42. The highest BCUT2D eigenvalue weighted by Gasteiger charge is 2.19. The molecule has 2 heteroatoms. The van der Waals surface area contributed by atoms with Crippen molar-refractivity contribution in [2.75, 3.05) is 4.90 Å². The molecule has 0 unspecified atom stereocenters. The lowest BCUT2D eigenvalue weighted by molar-refractivity contribution is 0.628. The van der Waals surface area contributed by atoms with Gasteiger partial charge >= 0.3 is 0 Å². The van der Waals surface area contributed by atoms with Crippen LogP contribution in [0.15, 0.2) is 218 Å². The van der Waals surface area contributed by atoms with Crippen LogP contribution in [-0.2, 0) is 0 Å². The lowest BCUT2D eigenvalue weighted by Crippen LogP contribution is -2.10. The molecule has 0 heterocycles. The third kappa shape index (κ3) is 6.08. The summed E-state index contributed by atoms with van der Waals surface area (Å²) in [5.41, 5.74) is 12.3. The van der Waals surface area contributed by atoms with Crippen molar-refractivity contribution in [1.82, 2.24) is 0 Å². The lowest BCUT2D eigenvalue weighted by Gasteiger charge is -2.28. The fourth-order valence-electron chi connectivity index (χ4n) is 8.19. The third-order valence-corrected chi connectivity index (χ3v) is 10.9. The van der Waals surface area contributed by atoms with Gasteiger partial charge in [-0.2, -0.15) is 0 Å². The molecule has 0 saturated carbocycles.